The monoisotopic (exact) mass is 323 g/mol. The van der Waals surface area contributed by atoms with E-state index in [1.807, 2.05) is 0 Å². The predicted octanol–water partition coefficient (Wildman–Crippen LogP) is 1.82. The van der Waals surface area contributed by atoms with Gasteiger partial charge in [-0.25, -0.2) is 4.98 Å². The molecule has 3 aromatic rings. The summed E-state index contributed by atoms with van der Waals surface area (Å²) in [4.78, 5) is 20.8. The summed E-state index contributed by atoms with van der Waals surface area (Å²) >= 11 is 0. The molecule has 1 atom stereocenters. The summed E-state index contributed by atoms with van der Waals surface area (Å²) in [6.45, 7) is 5.96. The number of H-pyrrole nitrogens is 1. The lowest BCUT2D eigenvalue weighted by Crippen LogP contribution is -2.47. The largest absolute Gasteiger partial charge is 0.382 e. The zero-order valence-electron chi connectivity index (χ0n) is 13.7. The van der Waals surface area contributed by atoms with Gasteiger partial charge in [-0.05, 0) is 12.5 Å². The Labute approximate surface area is 140 Å². The van der Waals surface area contributed by atoms with E-state index in [1.165, 1.54) is 5.56 Å². The Hall–Kier alpha value is -2.67. The molecule has 1 aliphatic rings. The fourth-order valence-corrected chi connectivity index (χ4v) is 3.24. The van der Waals surface area contributed by atoms with Crippen molar-refractivity contribution in [2.45, 2.75) is 13.0 Å². The van der Waals surface area contributed by atoms with E-state index < -0.39 is 0 Å². The number of nitrogen functional groups attached to an aromatic ring is 1. The van der Waals surface area contributed by atoms with Crippen LogP contribution in [0.4, 0.5) is 11.8 Å². The molecule has 3 N–H and O–H groups in total. The first-order valence-electron chi connectivity index (χ1n) is 8.23. The van der Waals surface area contributed by atoms with E-state index in [1.54, 1.807) is 6.33 Å². The third kappa shape index (κ3) is 2.67. The number of rotatable bonds is 3. The molecule has 0 amide bonds. The Bertz CT molecular complexity index is 821. The van der Waals surface area contributed by atoms with Crippen molar-refractivity contribution in [3.05, 3.63) is 42.2 Å². The van der Waals surface area contributed by atoms with Gasteiger partial charge in [0.15, 0.2) is 11.5 Å². The summed E-state index contributed by atoms with van der Waals surface area (Å²) in [5, 5.41) is 0. The summed E-state index contributed by atoms with van der Waals surface area (Å²) < 4.78 is 0. The zero-order valence-corrected chi connectivity index (χ0v) is 13.7. The number of nitrogens with one attached hydrogen (secondary N) is 1. The molecule has 1 aliphatic heterocycles. The third-order valence-corrected chi connectivity index (χ3v) is 4.73. The van der Waals surface area contributed by atoms with Crippen molar-refractivity contribution < 1.29 is 0 Å². The molecule has 1 aromatic carbocycles. The minimum atomic E-state index is 0.410. The quantitative estimate of drug-likeness (QED) is 0.764. The maximum absolute atomic E-state index is 6.00. The summed E-state index contributed by atoms with van der Waals surface area (Å²) in [6.07, 6.45) is 1.60. The van der Waals surface area contributed by atoms with E-state index in [2.05, 4.69) is 67.0 Å². The number of nitrogens with zero attached hydrogens (tertiary/aromatic N) is 5. The lowest BCUT2D eigenvalue weighted by Gasteiger charge is -2.38. The Morgan fingerprint density at radius 1 is 1.08 bits per heavy atom. The van der Waals surface area contributed by atoms with Crippen LogP contribution in [-0.2, 0) is 0 Å². The number of benzene rings is 1. The molecule has 124 valence electrons. The van der Waals surface area contributed by atoms with Crippen molar-refractivity contribution in [3.8, 4) is 0 Å². The van der Waals surface area contributed by atoms with Gasteiger partial charge in [-0.15, -0.1) is 0 Å². The fraction of sp³-hybridized carbons (Fsp3) is 0.353. The standard InChI is InChI=1S/C17H21N7/c1-12(13-5-3-2-4-6-13)23-7-9-24(10-8-23)17-21-15(18)14-16(22-17)20-11-19-14/h2-6,11-12H,7-10H2,1H3,(H3,18,19,20,21,22). The van der Waals surface area contributed by atoms with E-state index in [0.717, 1.165) is 26.2 Å². The minimum Gasteiger partial charge on any atom is -0.382 e. The average Bonchev–Trinajstić information content (AvgIpc) is 3.11. The van der Waals surface area contributed by atoms with Crippen molar-refractivity contribution in [3.63, 3.8) is 0 Å². The SMILES string of the molecule is CC(c1ccccc1)N1CCN(c2nc(N)c3[nH]cnc3n2)CC1. The maximum atomic E-state index is 6.00. The molecule has 1 fully saturated rings. The van der Waals surface area contributed by atoms with Gasteiger partial charge < -0.3 is 15.6 Å². The summed E-state index contributed by atoms with van der Waals surface area (Å²) in [5.41, 5.74) is 8.68. The molecule has 0 spiro atoms. The van der Waals surface area contributed by atoms with Gasteiger partial charge >= 0.3 is 0 Å². The van der Waals surface area contributed by atoms with E-state index >= 15 is 0 Å². The first kappa shape index (κ1) is 14.9. The van der Waals surface area contributed by atoms with Gasteiger partial charge in [-0.2, -0.15) is 9.97 Å². The molecule has 4 rings (SSSR count). The Morgan fingerprint density at radius 2 is 1.83 bits per heavy atom. The van der Waals surface area contributed by atoms with Crippen LogP contribution in [0.3, 0.4) is 0 Å². The molecular weight excluding hydrogens is 302 g/mol. The lowest BCUT2D eigenvalue weighted by atomic mass is 10.1. The second kappa shape index (κ2) is 6.09. The van der Waals surface area contributed by atoms with Gasteiger partial charge in [0.25, 0.3) is 0 Å². The number of hydrogen-bond acceptors (Lipinski definition) is 6. The number of fused-ring (bicyclic) bond motifs is 1. The van der Waals surface area contributed by atoms with Gasteiger partial charge in [0.2, 0.25) is 5.95 Å². The smallest absolute Gasteiger partial charge is 0.229 e. The average molecular weight is 323 g/mol. The van der Waals surface area contributed by atoms with E-state index in [9.17, 15) is 0 Å². The third-order valence-electron chi connectivity index (χ3n) is 4.73. The molecule has 0 aliphatic carbocycles. The van der Waals surface area contributed by atoms with Gasteiger partial charge in [0.05, 0.1) is 6.33 Å². The van der Waals surface area contributed by atoms with Crippen molar-refractivity contribution in [2.75, 3.05) is 36.8 Å². The van der Waals surface area contributed by atoms with Crippen LogP contribution in [0.5, 0.6) is 0 Å². The van der Waals surface area contributed by atoms with Crippen LogP contribution in [-0.4, -0.2) is 51.0 Å². The van der Waals surface area contributed by atoms with E-state index in [4.69, 9.17) is 5.73 Å². The van der Waals surface area contributed by atoms with Crippen LogP contribution >= 0.6 is 0 Å². The number of aromatic nitrogens is 4. The first-order valence-corrected chi connectivity index (χ1v) is 8.23. The molecule has 7 nitrogen and oxygen atoms in total. The number of aromatic amines is 1. The number of piperazine rings is 1. The topological polar surface area (TPSA) is 87.0 Å². The number of hydrogen-bond donors (Lipinski definition) is 2. The molecule has 2 aromatic heterocycles. The number of anilines is 2. The number of nitrogens with two attached hydrogens (primary N) is 1. The molecule has 24 heavy (non-hydrogen) atoms. The first-order chi connectivity index (χ1) is 11.7. The molecule has 1 unspecified atom stereocenters. The van der Waals surface area contributed by atoms with E-state index in [-0.39, 0.29) is 0 Å². The van der Waals surface area contributed by atoms with Crippen LogP contribution in [0.25, 0.3) is 11.2 Å². The Morgan fingerprint density at radius 3 is 2.58 bits per heavy atom. The molecule has 3 heterocycles. The normalized spacial score (nSPS) is 17.3. The molecular formula is C17H21N7. The number of imidazole rings is 1. The maximum Gasteiger partial charge on any atom is 0.229 e. The van der Waals surface area contributed by atoms with Crippen molar-refractivity contribution in [1.82, 2.24) is 24.8 Å². The van der Waals surface area contributed by atoms with Crippen LogP contribution in [0.1, 0.15) is 18.5 Å². The Balaban J connectivity index is 1.47. The molecule has 7 heteroatoms. The summed E-state index contributed by atoms with van der Waals surface area (Å²) in [6, 6.07) is 11.0. The van der Waals surface area contributed by atoms with Crippen LogP contribution in [0, 0.1) is 0 Å². The van der Waals surface area contributed by atoms with Crippen molar-refractivity contribution in [1.29, 1.82) is 0 Å². The van der Waals surface area contributed by atoms with Crippen molar-refractivity contribution in [2.24, 2.45) is 0 Å². The van der Waals surface area contributed by atoms with Crippen LogP contribution < -0.4 is 10.6 Å². The Kier molecular flexibility index (Phi) is 3.78. The fourth-order valence-electron chi connectivity index (χ4n) is 3.24. The van der Waals surface area contributed by atoms with Gasteiger partial charge in [-0.1, -0.05) is 30.3 Å². The second-order valence-corrected chi connectivity index (χ2v) is 6.12. The van der Waals surface area contributed by atoms with Gasteiger partial charge in [0, 0.05) is 32.2 Å². The molecule has 1 saturated heterocycles. The minimum absolute atomic E-state index is 0.410. The zero-order chi connectivity index (χ0) is 16.5. The molecule has 0 saturated carbocycles. The van der Waals surface area contributed by atoms with E-state index in [0.29, 0.717) is 29.0 Å². The predicted molar refractivity (Wildman–Crippen MR) is 94.7 cm³/mol. The highest BCUT2D eigenvalue weighted by Gasteiger charge is 2.24. The van der Waals surface area contributed by atoms with Gasteiger partial charge in [-0.3, -0.25) is 4.90 Å². The van der Waals surface area contributed by atoms with Crippen LogP contribution in [0.15, 0.2) is 36.7 Å². The lowest BCUT2D eigenvalue weighted by molar-refractivity contribution is 0.198. The highest BCUT2D eigenvalue weighted by molar-refractivity contribution is 5.82. The highest BCUT2D eigenvalue weighted by Crippen LogP contribution is 2.23. The summed E-state index contributed by atoms with van der Waals surface area (Å²) in [5.74, 6) is 1.12. The van der Waals surface area contributed by atoms with Crippen molar-refractivity contribution >= 4 is 22.9 Å². The highest BCUT2D eigenvalue weighted by atomic mass is 15.3. The summed E-state index contributed by atoms with van der Waals surface area (Å²) in [7, 11) is 0. The van der Waals surface area contributed by atoms with Gasteiger partial charge in [0.1, 0.15) is 5.52 Å². The molecule has 0 radical (unpaired) electrons. The van der Waals surface area contributed by atoms with Crippen LogP contribution in [0.2, 0.25) is 0 Å². The molecule has 0 bridgehead atoms. The second-order valence-electron chi connectivity index (χ2n) is 6.12.